The SMILES string of the molecule is CCc1ccc([C@@H]2COCCN2c2ccc3nnnn3n2)o1. The van der Waals surface area contributed by atoms with Crippen LogP contribution in [0.5, 0.6) is 0 Å². The van der Waals surface area contributed by atoms with Gasteiger partial charge in [-0.05, 0) is 34.7 Å². The number of hydrogen-bond donors (Lipinski definition) is 0. The van der Waals surface area contributed by atoms with Crippen LogP contribution in [0.15, 0.2) is 28.7 Å². The third-order valence-electron chi connectivity index (χ3n) is 3.84. The summed E-state index contributed by atoms with van der Waals surface area (Å²) in [5.74, 6) is 2.68. The summed E-state index contributed by atoms with van der Waals surface area (Å²) in [7, 11) is 0. The molecule has 0 amide bonds. The van der Waals surface area contributed by atoms with Gasteiger partial charge < -0.3 is 14.1 Å². The van der Waals surface area contributed by atoms with Crippen molar-refractivity contribution in [3.8, 4) is 0 Å². The first kappa shape index (κ1) is 13.2. The summed E-state index contributed by atoms with van der Waals surface area (Å²) >= 11 is 0. The molecule has 1 saturated heterocycles. The third kappa shape index (κ3) is 2.21. The predicted molar refractivity (Wildman–Crippen MR) is 77.6 cm³/mol. The van der Waals surface area contributed by atoms with E-state index in [1.807, 2.05) is 24.3 Å². The van der Waals surface area contributed by atoms with Gasteiger partial charge in [0, 0.05) is 13.0 Å². The van der Waals surface area contributed by atoms with E-state index in [9.17, 15) is 0 Å². The molecule has 0 N–H and O–H groups in total. The Balaban J connectivity index is 1.70. The molecular weight excluding hydrogens is 284 g/mol. The number of hydrogen-bond acceptors (Lipinski definition) is 7. The smallest absolute Gasteiger partial charge is 0.200 e. The van der Waals surface area contributed by atoms with Gasteiger partial charge in [0.25, 0.3) is 0 Å². The normalized spacial score (nSPS) is 19.0. The van der Waals surface area contributed by atoms with Crippen LogP contribution in [-0.2, 0) is 11.2 Å². The molecule has 1 aliphatic rings. The molecule has 114 valence electrons. The maximum Gasteiger partial charge on any atom is 0.200 e. The number of anilines is 1. The first-order valence-electron chi connectivity index (χ1n) is 7.33. The first-order valence-corrected chi connectivity index (χ1v) is 7.33. The van der Waals surface area contributed by atoms with Crippen molar-refractivity contribution in [1.29, 1.82) is 0 Å². The van der Waals surface area contributed by atoms with E-state index in [0.29, 0.717) is 18.9 Å². The fourth-order valence-electron chi connectivity index (χ4n) is 2.67. The van der Waals surface area contributed by atoms with E-state index in [4.69, 9.17) is 9.15 Å². The monoisotopic (exact) mass is 300 g/mol. The van der Waals surface area contributed by atoms with Gasteiger partial charge in [0.2, 0.25) is 0 Å². The molecule has 4 heterocycles. The number of fused-ring (bicyclic) bond motifs is 1. The molecule has 0 bridgehead atoms. The lowest BCUT2D eigenvalue weighted by Gasteiger charge is -2.34. The molecule has 8 heteroatoms. The van der Waals surface area contributed by atoms with Crippen LogP contribution in [0, 0.1) is 0 Å². The summed E-state index contributed by atoms with van der Waals surface area (Å²) in [6, 6.07) is 7.82. The quantitative estimate of drug-likeness (QED) is 0.720. The van der Waals surface area contributed by atoms with Crippen molar-refractivity contribution in [2.24, 2.45) is 0 Å². The summed E-state index contributed by atoms with van der Waals surface area (Å²) in [5, 5.41) is 15.8. The highest BCUT2D eigenvalue weighted by molar-refractivity contribution is 5.46. The highest BCUT2D eigenvalue weighted by Gasteiger charge is 2.28. The van der Waals surface area contributed by atoms with Crippen LogP contribution in [-0.4, -0.2) is 45.0 Å². The summed E-state index contributed by atoms with van der Waals surface area (Å²) < 4.78 is 13.0. The Kier molecular flexibility index (Phi) is 3.23. The van der Waals surface area contributed by atoms with Crippen LogP contribution in [0.3, 0.4) is 0 Å². The molecular formula is C14H16N6O2. The molecule has 0 aliphatic carbocycles. The molecule has 0 aromatic carbocycles. The van der Waals surface area contributed by atoms with Crippen LogP contribution >= 0.6 is 0 Å². The minimum Gasteiger partial charge on any atom is -0.464 e. The molecule has 22 heavy (non-hydrogen) atoms. The Labute approximate surface area is 126 Å². The van der Waals surface area contributed by atoms with Crippen LogP contribution in [0.25, 0.3) is 5.65 Å². The van der Waals surface area contributed by atoms with Crippen molar-refractivity contribution < 1.29 is 9.15 Å². The number of furan rings is 1. The van der Waals surface area contributed by atoms with Gasteiger partial charge in [-0.3, -0.25) is 0 Å². The molecule has 0 spiro atoms. The maximum atomic E-state index is 5.90. The highest BCUT2D eigenvalue weighted by atomic mass is 16.5. The van der Waals surface area contributed by atoms with Gasteiger partial charge in [0.1, 0.15) is 17.6 Å². The van der Waals surface area contributed by atoms with Gasteiger partial charge in [-0.2, -0.15) is 0 Å². The zero-order chi connectivity index (χ0) is 14.9. The van der Waals surface area contributed by atoms with Gasteiger partial charge in [0.15, 0.2) is 11.5 Å². The van der Waals surface area contributed by atoms with E-state index in [1.165, 1.54) is 4.63 Å². The fraction of sp³-hybridized carbons (Fsp3) is 0.429. The lowest BCUT2D eigenvalue weighted by Crippen LogP contribution is -2.40. The van der Waals surface area contributed by atoms with Crippen LogP contribution in [0.1, 0.15) is 24.5 Å². The summed E-state index contributed by atoms with van der Waals surface area (Å²) in [6.07, 6.45) is 0.877. The van der Waals surface area contributed by atoms with Crippen molar-refractivity contribution in [2.45, 2.75) is 19.4 Å². The van der Waals surface area contributed by atoms with E-state index in [-0.39, 0.29) is 6.04 Å². The summed E-state index contributed by atoms with van der Waals surface area (Å²) in [5.41, 5.74) is 0.625. The second kappa shape index (κ2) is 5.38. The molecule has 0 radical (unpaired) electrons. The lowest BCUT2D eigenvalue weighted by atomic mass is 10.1. The van der Waals surface area contributed by atoms with Crippen molar-refractivity contribution in [3.63, 3.8) is 0 Å². The molecule has 0 unspecified atom stereocenters. The minimum atomic E-state index is 0.00970. The zero-order valence-corrected chi connectivity index (χ0v) is 12.2. The van der Waals surface area contributed by atoms with Gasteiger partial charge in [-0.25, -0.2) is 0 Å². The van der Waals surface area contributed by atoms with Crippen molar-refractivity contribution in [2.75, 3.05) is 24.7 Å². The average Bonchev–Trinajstić information content (AvgIpc) is 3.23. The Hall–Kier alpha value is -2.48. The molecule has 3 aromatic rings. The van der Waals surface area contributed by atoms with E-state index in [0.717, 1.165) is 30.3 Å². The van der Waals surface area contributed by atoms with Crippen LogP contribution < -0.4 is 4.90 Å². The molecule has 4 rings (SSSR count). The molecule has 3 aromatic heterocycles. The Morgan fingerprint density at radius 3 is 3.09 bits per heavy atom. The number of rotatable bonds is 3. The minimum absolute atomic E-state index is 0.00970. The van der Waals surface area contributed by atoms with E-state index < -0.39 is 0 Å². The van der Waals surface area contributed by atoms with Crippen molar-refractivity contribution >= 4 is 11.5 Å². The highest BCUT2D eigenvalue weighted by Crippen LogP contribution is 2.29. The number of aromatic nitrogens is 5. The van der Waals surface area contributed by atoms with Gasteiger partial charge >= 0.3 is 0 Å². The standard InChI is InChI=1S/C14H16N6O2/c1-2-10-3-4-12(22-10)11-9-21-8-7-19(11)14-6-5-13-15-17-18-20(13)16-14/h3-6,11H,2,7-9H2,1H3/t11-/m0/s1. The van der Waals surface area contributed by atoms with Gasteiger partial charge in [0.05, 0.1) is 13.2 Å². The molecule has 1 aliphatic heterocycles. The molecule has 8 nitrogen and oxygen atoms in total. The lowest BCUT2D eigenvalue weighted by molar-refractivity contribution is 0.0867. The van der Waals surface area contributed by atoms with E-state index in [2.05, 4.69) is 32.4 Å². The van der Waals surface area contributed by atoms with Gasteiger partial charge in [-0.15, -0.1) is 14.8 Å². The summed E-state index contributed by atoms with van der Waals surface area (Å²) in [6.45, 7) is 4.05. The van der Waals surface area contributed by atoms with E-state index >= 15 is 0 Å². The molecule has 1 fully saturated rings. The first-order chi connectivity index (χ1) is 10.8. The fourth-order valence-corrected chi connectivity index (χ4v) is 2.67. The van der Waals surface area contributed by atoms with Crippen LogP contribution in [0.2, 0.25) is 0 Å². The third-order valence-corrected chi connectivity index (χ3v) is 3.84. The largest absolute Gasteiger partial charge is 0.464 e. The van der Waals surface area contributed by atoms with Crippen molar-refractivity contribution in [1.82, 2.24) is 25.3 Å². The average molecular weight is 300 g/mol. The number of nitrogens with zero attached hydrogens (tertiary/aromatic N) is 6. The molecule has 0 saturated carbocycles. The number of ether oxygens (including phenoxy) is 1. The van der Waals surface area contributed by atoms with Gasteiger partial charge in [-0.1, -0.05) is 6.92 Å². The summed E-state index contributed by atoms with van der Waals surface area (Å²) in [4.78, 5) is 2.17. The molecule has 1 atom stereocenters. The maximum absolute atomic E-state index is 5.90. The number of aryl methyl sites for hydroxylation is 1. The number of tetrazole rings is 1. The van der Waals surface area contributed by atoms with E-state index in [1.54, 1.807) is 0 Å². The van der Waals surface area contributed by atoms with Crippen molar-refractivity contribution in [3.05, 3.63) is 35.8 Å². The van der Waals surface area contributed by atoms with Crippen LogP contribution in [0.4, 0.5) is 5.82 Å². The second-order valence-electron chi connectivity index (χ2n) is 5.16. The second-order valence-corrected chi connectivity index (χ2v) is 5.16. The Morgan fingerprint density at radius 1 is 1.27 bits per heavy atom. The Morgan fingerprint density at radius 2 is 2.23 bits per heavy atom. The Bertz CT molecular complexity index is 782. The topological polar surface area (TPSA) is 81.6 Å². The number of morpholine rings is 1. The zero-order valence-electron chi connectivity index (χ0n) is 12.2. The predicted octanol–water partition coefficient (Wildman–Crippen LogP) is 1.25.